The first-order chi connectivity index (χ1) is 24.6. The van der Waals surface area contributed by atoms with E-state index in [2.05, 4.69) is 53.8 Å². The predicted octanol–water partition coefficient (Wildman–Crippen LogP) is 10.3. The Bertz CT molecular complexity index is 2330. The molecule has 9 rings (SSSR count). The summed E-state index contributed by atoms with van der Waals surface area (Å²) in [6.45, 7) is 0. The lowest BCUT2D eigenvalue weighted by atomic mass is 9.74. The minimum Gasteiger partial charge on any atom is -0.456 e. The highest BCUT2D eigenvalue weighted by molar-refractivity contribution is 6.06. The Kier molecular flexibility index (Phi) is 6.97. The molecule has 2 aliphatic heterocycles. The van der Waals surface area contributed by atoms with Gasteiger partial charge in [0.15, 0.2) is 5.60 Å². The van der Waals surface area contributed by atoms with Gasteiger partial charge in [-0.1, -0.05) is 115 Å². The maximum atomic E-state index is 14.3. The molecule has 3 N–H and O–H groups in total. The molecule has 2 heterocycles. The highest BCUT2D eigenvalue weighted by Crippen LogP contribution is 2.59. The van der Waals surface area contributed by atoms with E-state index >= 15 is 0 Å². The lowest BCUT2D eigenvalue weighted by Crippen LogP contribution is -2.33. The van der Waals surface area contributed by atoms with E-state index in [1.54, 1.807) is 5.01 Å². The van der Waals surface area contributed by atoms with Gasteiger partial charge in [-0.2, -0.15) is 0 Å². The van der Waals surface area contributed by atoms with E-state index in [4.69, 9.17) is 15.3 Å². The van der Waals surface area contributed by atoms with Crippen LogP contribution in [0, 0.1) is 0 Å². The molecule has 0 atom stereocenters. The minimum absolute atomic E-state index is 0.422. The van der Waals surface area contributed by atoms with Crippen molar-refractivity contribution in [3.05, 3.63) is 192 Å². The molecule has 0 bridgehead atoms. The quantitative estimate of drug-likeness (QED) is 0.106. The maximum Gasteiger partial charge on any atom is 0.342 e. The van der Waals surface area contributed by atoms with Crippen molar-refractivity contribution in [3.8, 4) is 33.8 Å². The molecular formula is C44H31N3O3. The molecule has 0 fully saturated rings. The Balaban J connectivity index is 1.19. The Hall–Kier alpha value is -6.63. The highest BCUT2D eigenvalue weighted by atomic mass is 16.6. The number of nitrogens with two attached hydrogens (primary N) is 1. The summed E-state index contributed by atoms with van der Waals surface area (Å²) in [6, 6.07) is 56.0. The number of hydrogen-bond donors (Lipinski definition) is 2. The van der Waals surface area contributed by atoms with Gasteiger partial charge in [-0.15, -0.1) is 0 Å². The smallest absolute Gasteiger partial charge is 0.342 e. The monoisotopic (exact) mass is 649 g/mol. The Morgan fingerprint density at radius 1 is 0.540 bits per heavy atom. The topological polar surface area (TPSA) is 76.8 Å². The second-order valence-corrected chi connectivity index (χ2v) is 12.4. The van der Waals surface area contributed by atoms with Gasteiger partial charge in [-0.3, -0.25) is 5.01 Å². The number of ether oxygens (including phenoxy) is 2. The maximum absolute atomic E-state index is 14.3. The zero-order chi connectivity index (χ0) is 33.7. The number of hydrogen-bond acceptors (Lipinski definition) is 6. The van der Waals surface area contributed by atoms with Gasteiger partial charge in [-0.05, 0) is 76.9 Å². The van der Waals surface area contributed by atoms with Crippen LogP contribution in [0.1, 0.15) is 27.0 Å². The third-order valence-corrected chi connectivity index (χ3v) is 9.51. The van der Waals surface area contributed by atoms with Gasteiger partial charge in [0.2, 0.25) is 0 Å². The van der Waals surface area contributed by atoms with Gasteiger partial charge in [0.1, 0.15) is 11.5 Å². The third kappa shape index (κ3) is 4.73. The molecule has 0 saturated heterocycles. The first-order valence-electron chi connectivity index (χ1n) is 16.5. The van der Waals surface area contributed by atoms with E-state index in [-0.39, 0.29) is 0 Å². The fourth-order valence-corrected chi connectivity index (χ4v) is 7.19. The molecule has 7 aromatic carbocycles. The van der Waals surface area contributed by atoms with E-state index < -0.39 is 11.6 Å². The number of esters is 1. The Labute approximate surface area is 290 Å². The van der Waals surface area contributed by atoms with E-state index in [0.717, 1.165) is 56.0 Å². The van der Waals surface area contributed by atoms with E-state index in [9.17, 15) is 4.79 Å². The van der Waals surface area contributed by atoms with Crippen molar-refractivity contribution in [1.29, 1.82) is 0 Å². The summed E-state index contributed by atoms with van der Waals surface area (Å²) in [4.78, 5) is 14.3. The van der Waals surface area contributed by atoms with Crippen molar-refractivity contribution in [2.75, 3.05) is 10.3 Å². The number of benzene rings is 7. The molecule has 0 aromatic heterocycles. The number of carbonyl (C=O) groups is 1. The van der Waals surface area contributed by atoms with E-state index in [1.165, 1.54) is 0 Å². The summed E-state index contributed by atoms with van der Waals surface area (Å²) < 4.78 is 13.0. The van der Waals surface area contributed by atoms with Gasteiger partial charge < -0.3 is 14.8 Å². The number of rotatable bonds is 6. The molecule has 7 aromatic rings. The minimum atomic E-state index is -1.26. The largest absolute Gasteiger partial charge is 0.456 e. The fraction of sp³-hybridized carbons (Fsp3) is 0.0227. The fourth-order valence-electron chi connectivity index (χ4n) is 7.19. The Morgan fingerprint density at radius 3 is 1.70 bits per heavy atom. The van der Waals surface area contributed by atoms with Crippen LogP contribution in [0.5, 0.6) is 11.5 Å². The first kappa shape index (κ1) is 29.5. The van der Waals surface area contributed by atoms with Crippen LogP contribution >= 0.6 is 0 Å². The molecule has 1 spiro atoms. The molecule has 0 radical (unpaired) electrons. The molecule has 0 aliphatic carbocycles. The normalized spacial score (nSPS) is 13.4. The number of para-hydroxylation sites is 4. The van der Waals surface area contributed by atoms with Gasteiger partial charge in [0.05, 0.1) is 16.9 Å². The molecule has 0 amide bonds. The predicted molar refractivity (Wildman–Crippen MR) is 198 cm³/mol. The van der Waals surface area contributed by atoms with Crippen LogP contribution < -0.4 is 20.9 Å². The van der Waals surface area contributed by atoms with E-state index in [0.29, 0.717) is 22.7 Å². The highest BCUT2D eigenvalue weighted by Gasteiger charge is 2.55. The zero-order valence-corrected chi connectivity index (χ0v) is 26.9. The molecule has 6 nitrogen and oxygen atoms in total. The average molecular weight is 650 g/mol. The molecular weight excluding hydrogens is 619 g/mol. The summed E-state index contributed by atoms with van der Waals surface area (Å²) in [5.74, 6) is 7.60. The second kappa shape index (κ2) is 11.8. The van der Waals surface area contributed by atoms with E-state index in [1.807, 2.05) is 121 Å². The zero-order valence-electron chi connectivity index (χ0n) is 26.9. The Morgan fingerprint density at radius 2 is 1.06 bits per heavy atom. The van der Waals surface area contributed by atoms with Crippen LogP contribution in [0.25, 0.3) is 22.3 Å². The van der Waals surface area contributed by atoms with Gasteiger partial charge >= 0.3 is 5.97 Å². The number of fused-ring (bicyclic) bond motifs is 6. The van der Waals surface area contributed by atoms with Crippen LogP contribution in [-0.2, 0) is 10.3 Å². The van der Waals surface area contributed by atoms with Crippen LogP contribution in [0.2, 0.25) is 0 Å². The number of nitrogens with zero attached hydrogens (tertiary/aromatic N) is 1. The van der Waals surface area contributed by atoms with Gasteiger partial charge in [0, 0.05) is 28.1 Å². The second-order valence-electron chi connectivity index (χ2n) is 12.4. The summed E-state index contributed by atoms with van der Waals surface area (Å²) >= 11 is 0. The van der Waals surface area contributed by atoms with Crippen molar-refractivity contribution in [2.24, 2.45) is 5.84 Å². The van der Waals surface area contributed by atoms with Gasteiger partial charge in [-0.25, -0.2) is 10.6 Å². The molecule has 50 heavy (non-hydrogen) atoms. The summed E-state index contributed by atoms with van der Waals surface area (Å²) in [5, 5.41) is 5.00. The average Bonchev–Trinajstić information content (AvgIpc) is 3.48. The number of anilines is 4. The number of carbonyl (C=O) groups excluding carboxylic acids is 1. The SMILES string of the molecule is NN(c1ccccc1)c1ccc(-c2ccc(-c3ccc(Nc4ccccc4)cc3)cc2)c2c1C(=O)OC21c2ccccc2Oc2ccccc21. The summed E-state index contributed by atoms with van der Waals surface area (Å²) in [7, 11) is 0. The number of nitrogens with one attached hydrogen (secondary N) is 1. The number of hydrazine groups is 1. The standard InChI is InChI=1S/C44H31N3O3/c45-47(34-13-5-2-6-14-34)38-28-27-35(31-21-19-29(20-22-31)30-23-25-33(26-24-30)46-32-11-3-1-4-12-32)42-41(38)43(48)50-44(42)36-15-7-9-17-39(36)49-40-18-10-8-16-37(40)44/h1-28,46H,45H2. The van der Waals surface area contributed by atoms with Crippen LogP contribution in [0.3, 0.4) is 0 Å². The third-order valence-electron chi connectivity index (χ3n) is 9.51. The molecule has 0 unspecified atom stereocenters. The lowest BCUT2D eigenvalue weighted by molar-refractivity contribution is 0.0226. The van der Waals surface area contributed by atoms with Crippen molar-refractivity contribution in [1.82, 2.24) is 0 Å². The van der Waals surface area contributed by atoms with Crippen LogP contribution in [0.15, 0.2) is 170 Å². The van der Waals surface area contributed by atoms with Crippen LogP contribution in [-0.4, -0.2) is 5.97 Å². The molecule has 0 saturated carbocycles. The van der Waals surface area contributed by atoms with Gasteiger partial charge in [0.25, 0.3) is 0 Å². The molecule has 6 heteroatoms. The molecule has 240 valence electrons. The van der Waals surface area contributed by atoms with Crippen molar-refractivity contribution in [3.63, 3.8) is 0 Å². The van der Waals surface area contributed by atoms with Crippen molar-refractivity contribution in [2.45, 2.75) is 5.60 Å². The van der Waals surface area contributed by atoms with Crippen molar-refractivity contribution < 1.29 is 14.3 Å². The lowest BCUT2D eigenvalue weighted by Gasteiger charge is -2.37. The van der Waals surface area contributed by atoms with Crippen LogP contribution in [0.4, 0.5) is 22.7 Å². The summed E-state index contributed by atoms with van der Waals surface area (Å²) in [5.41, 5.74) is 8.76. The first-order valence-corrected chi connectivity index (χ1v) is 16.5. The summed E-state index contributed by atoms with van der Waals surface area (Å²) in [6.07, 6.45) is 0. The van der Waals surface area contributed by atoms with Crippen molar-refractivity contribution >= 4 is 28.7 Å². The molecule has 2 aliphatic rings.